The summed E-state index contributed by atoms with van der Waals surface area (Å²) in [7, 11) is 2.15. The fourth-order valence-corrected chi connectivity index (χ4v) is 4.10. The van der Waals surface area contributed by atoms with Gasteiger partial charge in [-0.05, 0) is 57.6 Å². The van der Waals surface area contributed by atoms with Crippen LogP contribution < -0.4 is 20.6 Å². The number of benzene rings is 1. The zero-order chi connectivity index (χ0) is 22.5. The van der Waals surface area contributed by atoms with Crippen molar-refractivity contribution in [3.8, 4) is 17.4 Å². The number of rotatable bonds is 9. The first-order chi connectivity index (χ1) is 15.5. The molecule has 0 bridgehead atoms. The Hall–Kier alpha value is -2.91. The SMILES string of the molecule is CCOc1ccc2c(c1)C(Nn1cc(O)n(CCCCN3CCN(C)CC3)c1=O)=CCO2. The molecule has 0 radical (unpaired) electrons. The molecular weight excluding hydrogens is 410 g/mol. The number of nitrogens with one attached hydrogen (secondary N) is 1. The monoisotopic (exact) mass is 443 g/mol. The van der Waals surface area contributed by atoms with Crippen molar-refractivity contribution in [1.82, 2.24) is 19.0 Å². The van der Waals surface area contributed by atoms with Gasteiger partial charge in [0.2, 0.25) is 5.88 Å². The summed E-state index contributed by atoms with van der Waals surface area (Å²) >= 11 is 0. The summed E-state index contributed by atoms with van der Waals surface area (Å²) in [5.74, 6) is 1.41. The number of nitrogens with zero attached hydrogens (tertiary/aromatic N) is 4. The first kappa shape index (κ1) is 22.3. The highest BCUT2D eigenvalue weighted by molar-refractivity contribution is 5.76. The van der Waals surface area contributed by atoms with Gasteiger partial charge >= 0.3 is 5.69 Å². The predicted octanol–water partition coefficient (Wildman–Crippen LogP) is 1.76. The van der Waals surface area contributed by atoms with Gasteiger partial charge in [0.1, 0.15) is 18.1 Å². The number of fused-ring (bicyclic) bond motifs is 1. The van der Waals surface area contributed by atoms with E-state index in [9.17, 15) is 9.90 Å². The van der Waals surface area contributed by atoms with Gasteiger partial charge in [0.05, 0.1) is 18.5 Å². The predicted molar refractivity (Wildman–Crippen MR) is 124 cm³/mol. The summed E-state index contributed by atoms with van der Waals surface area (Å²) in [5.41, 5.74) is 4.38. The molecule has 0 atom stereocenters. The highest BCUT2D eigenvalue weighted by atomic mass is 16.5. The average molecular weight is 444 g/mol. The van der Waals surface area contributed by atoms with Crippen LogP contribution in [0.15, 0.2) is 35.3 Å². The minimum absolute atomic E-state index is 0.0435. The second kappa shape index (κ2) is 10.1. The van der Waals surface area contributed by atoms with Crippen molar-refractivity contribution >= 4 is 5.70 Å². The van der Waals surface area contributed by atoms with E-state index in [2.05, 4.69) is 22.3 Å². The van der Waals surface area contributed by atoms with Gasteiger partial charge < -0.3 is 24.4 Å². The van der Waals surface area contributed by atoms with Gasteiger partial charge in [-0.25, -0.2) is 9.47 Å². The van der Waals surface area contributed by atoms with Crippen LogP contribution in [0.1, 0.15) is 25.3 Å². The molecule has 3 heterocycles. The molecule has 2 N–H and O–H groups in total. The highest BCUT2D eigenvalue weighted by Crippen LogP contribution is 2.32. The van der Waals surface area contributed by atoms with E-state index < -0.39 is 0 Å². The van der Waals surface area contributed by atoms with E-state index in [0.717, 1.165) is 68.3 Å². The Morgan fingerprint density at radius 1 is 1.16 bits per heavy atom. The third-order valence-electron chi connectivity index (χ3n) is 5.98. The van der Waals surface area contributed by atoms with E-state index >= 15 is 0 Å². The van der Waals surface area contributed by atoms with Crippen molar-refractivity contribution in [3.05, 3.63) is 46.5 Å². The first-order valence-corrected chi connectivity index (χ1v) is 11.3. The van der Waals surface area contributed by atoms with Crippen LogP contribution in [-0.4, -0.2) is 77.1 Å². The lowest BCUT2D eigenvalue weighted by Crippen LogP contribution is -2.44. The molecule has 9 nitrogen and oxygen atoms in total. The second-order valence-corrected chi connectivity index (χ2v) is 8.28. The van der Waals surface area contributed by atoms with Gasteiger partial charge in [0.25, 0.3) is 0 Å². The number of ether oxygens (including phenoxy) is 2. The number of aromatic nitrogens is 2. The fourth-order valence-electron chi connectivity index (χ4n) is 4.10. The van der Waals surface area contributed by atoms with Crippen LogP contribution in [0.5, 0.6) is 17.4 Å². The lowest BCUT2D eigenvalue weighted by Gasteiger charge is -2.32. The molecule has 32 heavy (non-hydrogen) atoms. The number of imidazole rings is 1. The molecule has 1 aromatic carbocycles. The smallest absolute Gasteiger partial charge is 0.349 e. The molecule has 0 spiro atoms. The Balaban J connectivity index is 1.38. The third kappa shape index (κ3) is 5.11. The Labute approximate surface area is 188 Å². The van der Waals surface area contributed by atoms with Crippen molar-refractivity contribution in [1.29, 1.82) is 0 Å². The first-order valence-electron chi connectivity index (χ1n) is 11.3. The largest absolute Gasteiger partial charge is 0.494 e. The lowest BCUT2D eigenvalue weighted by molar-refractivity contribution is 0.151. The molecule has 0 amide bonds. The topological polar surface area (TPSA) is 84.1 Å². The number of hydrogen-bond acceptors (Lipinski definition) is 7. The molecule has 0 unspecified atom stereocenters. The summed E-state index contributed by atoms with van der Waals surface area (Å²) in [6.45, 7) is 8.79. The van der Waals surface area contributed by atoms with E-state index in [1.807, 2.05) is 31.2 Å². The summed E-state index contributed by atoms with van der Waals surface area (Å²) in [6.07, 6.45) is 5.12. The number of aromatic hydroxyl groups is 1. The van der Waals surface area contributed by atoms with Crippen molar-refractivity contribution in [3.63, 3.8) is 0 Å². The summed E-state index contributed by atoms with van der Waals surface area (Å²) in [6, 6.07) is 5.61. The molecule has 1 fully saturated rings. The summed E-state index contributed by atoms with van der Waals surface area (Å²) in [4.78, 5) is 17.7. The van der Waals surface area contributed by atoms with Crippen LogP contribution in [0.25, 0.3) is 5.70 Å². The van der Waals surface area contributed by atoms with E-state index in [0.29, 0.717) is 19.8 Å². The minimum atomic E-state index is -0.294. The number of unbranched alkanes of at least 4 members (excludes halogenated alkanes) is 1. The maximum absolute atomic E-state index is 12.9. The Kier molecular flexibility index (Phi) is 7.06. The third-order valence-corrected chi connectivity index (χ3v) is 5.98. The van der Waals surface area contributed by atoms with Gasteiger partial charge in [0.15, 0.2) is 0 Å². The summed E-state index contributed by atoms with van der Waals surface area (Å²) < 4.78 is 14.0. The molecule has 1 aromatic heterocycles. The zero-order valence-electron chi connectivity index (χ0n) is 18.9. The molecular formula is C23H33N5O4. The second-order valence-electron chi connectivity index (χ2n) is 8.28. The van der Waals surface area contributed by atoms with Gasteiger partial charge in [-0.15, -0.1) is 0 Å². The van der Waals surface area contributed by atoms with Gasteiger partial charge in [0, 0.05) is 38.3 Å². The standard InChI is InChI=1S/C23H33N5O4/c1-3-31-18-6-7-21-19(16-18)20(8-15-32-21)24-28-17-22(29)27(23(28)30)10-5-4-9-26-13-11-25(2)12-14-26/h6-8,16-17,24,29H,3-5,9-15H2,1-2H3. The van der Waals surface area contributed by atoms with Gasteiger partial charge in [-0.2, -0.15) is 0 Å². The van der Waals surface area contributed by atoms with Crippen LogP contribution >= 0.6 is 0 Å². The normalized spacial score (nSPS) is 16.9. The molecule has 1 saturated heterocycles. The van der Waals surface area contributed by atoms with Crippen LogP contribution in [0, 0.1) is 0 Å². The van der Waals surface area contributed by atoms with Gasteiger partial charge in [-0.1, -0.05) is 0 Å². The van der Waals surface area contributed by atoms with Crippen LogP contribution in [0.4, 0.5) is 0 Å². The number of piperazine rings is 1. The van der Waals surface area contributed by atoms with Crippen LogP contribution in [-0.2, 0) is 6.54 Å². The highest BCUT2D eigenvalue weighted by Gasteiger charge is 2.18. The zero-order valence-corrected chi connectivity index (χ0v) is 18.9. The van der Waals surface area contributed by atoms with E-state index in [-0.39, 0.29) is 11.6 Å². The van der Waals surface area contributed by atoms with Crippen LogP contribution in [0.3, 0.4) is 0 Å². The number of hydrogen-bond donors (Lipinski definition) is 2. The molecule has 2 aromatic rings. The maximum atomic E-state index is 12.9. The maximum Gasteiger partial charge on any atom is 0.349 e. The molecule has 174 valence electrons. The van der Waals surface area contributed by atoms with E-state index in [1.54, 1.807) is 0 Å². The Morgan fingerprint density at radius 3 is 2.72 bits per heavy atom. The van der Waals surface area contributed by atoms with Crippen molar-refractivity contribution in [2.75, 3.05) is 58.4 Å². The summed E-state index contributed by atoms with van der Waals surface area (Å²) in [5, 5.41) is 10.4. The van der Waals surface area contributed by atoms with E-state index in [4.69, 9.17) is 9.47 Å². The lowest BCUT2D eigenvalue weighted by atomic mass is 10.1. The molecule has 0 saturated carbocycles. The molecule has 9 heteroatoms. The van der Waals surface area contributed by atoms with Crippen molar-refractivity contribution in [2.45, 2.75) is 26.3 Å². The molecule has 0 aliphatic carbocycles. The average Bonchev–Trinajstić information content (AvgIpc) is 3.05. The van der Waals surface area contributed by atoms with Gasteiger partial charge in [-0.3, -0.25) is 9.99 Å². The quantitative estimate of drug-likeness (QED) is 0.572. The fraction of sp³-hybridized carbons (Fsp3) is 0.522. The van der Waals surface area contributed by atoms with Crippen molar-refractivity contribution < 1.29 is 14.6 Å². The molecule has 2 aliphatic heterocycles. The Morgan fingerprint density at radius 2 is 1.94 bits per heavy atom. The minimum Gasteiger partial charge on any atom is -0.494 e. The number of likely N-dealkylation sites (N-methyl/N-ethyl adjacent to an activating group) is 1. The molecule has 2 aliphatic rings. The van der Waals surface area contributed by atoms with E-state index in [1.165, 1.54) is 15.4 Å². The Bertz CT molecular complexity index is 1000. The molecule has 4 rings (SSSR count). The van der Waals surface area contributed by atoms with Crippen molar-refractivity contribution in [2.24, 2.45) is 0 Å². The van der Waals surface area contributed by atoms with Crippen LogP contribution in [0.2, 0.25) is 0 Å².